The van der Waals surface area contributed by atoms with Crippen molar-refractivity contribution in [1.82, 2.24) is 10.0 Å². The van der Waals surface area contributed by atoms with Crippen LogP contribution in [0, 0.1) is 5.92 Å². The molecule has 0 unspecified atom stereocenters. The Morgan fingerprint density at radius 3 is 2.77 bits per heavy atom. The number of aliphatic imine (C=N–C) groups is 1. The number of nitrogens with one attached hydrogen (secondary N) is 3. The molecule has 26 heavy (non-hydrogen) atoms. The fourth-order valence-electron chi connectivity index (χ4n) is 3.44. The normalized spacial score (nSPS) is 23.2. The van der Waals surface area contributed by atoms with Gasteiger partial charge in [0.25, 0.3) is 10.0 Å². The predicted octanol–water partition coefficient (Wildman–Crippen LogP) is 3.02. The second kappa shape index (κ2) is 8.35. The lowest BCUT2D eigenvalue weighted by Gasteiger charge is -2.30. The fraction of sp³-hybridized carbons (Fsp3) is 0.556. The molecular formula is C18H26N4O2S2. The Labute approximate surface area is 160 Å². The minimum atomic E-state index is -3.62. The monoisotopic (exact) mass is 394 g/mol. The highest BCUT2D eigenvalue weighted by Crippen LogP contribution is 2.24. The van der Waals surface area contributed by atoms with Gasteiger partial charge in [-0.2, -0.15) is 0 Å². The highest BCUT2D eigenvalue weighted by atomic mass is 32.2. The second-order valence-corrected chi connectivity index (χ2v) is 9.12. The Morgan fingerprint density at radius 2 is 2.04 bits per heavy atom. The van der Waals surface area contributed by atoms with Crippen molar-refractivity contribution >= 4 is 38.9 Å². The van der Waals surface area contributed by atoms with E-state index in [0.29, 0.717) is 41.6 Å². The van der Waals surface area contributed by atoms with Gasteiger partial charge in [-0.3, -0.25) is 9.71 Å². The fourth-order valence-corrected chi connectivity index (χ4v) is 4.85. The van der Waals surface area contributed by atoms with E-state index in [-0.39, 0.29) is 4.90 Å². The van der Waals surface area contributed by atoms with Crippen LogP contribution < -0.4 is 15.4 Å². The van der Waals surface area contributed by atoms with Crippen LogP contribution in [0.1, 0.15) is 45.4 Å². The van der Waals surface area contributed by atoms with Crippen LogP contribution in [0.4, 0.5) is 5.69 Å². The maximum absolute atomic E-state index is 12.5. The largest absolute Gasteiger partial charge is 0.359 e. The van der Waals surface area contributed by atoms with Crippen molar-refractivity contribution < 1.29 is 8.42 Å². The van der Waals surface area contributed by atoms with Gasteiger partial charge in [-0.1, -0.05) is 25.8 Å². The summed E-state index contributed by atoms with van der Waals surface area (Å²) in [4.78, 5) is 4.37. The summed E-state index contributed by atoms with van der Waals surface area (Å²) in [7, 11) is -3.62. The van der Waals surface area contributed by atoms with Gasteiger partial charge in [0.15, 0.2) is 5.11 Å². The number of sulfonamides is 1. The van der Waals surface area contributed by atoms with Crippen LogP contribution in [0.25, 0.3) is 0 Å². The molecule has 6 nitrogen and oxygen atoms in total. The highest BCUT2D eigenvalue weighted by molar-refractivity contribution is 7.90. The van der Waals surface area contributed by atoms with Crippen LogP contribution in [0.2, 0.25) is 0 Å². The van der Waals surface area contributed by atoms with Gasteiger partial charge in [-0.05, 0) is 55.6 Å². The Balaban J connectivity index is 1.64. The quantitative estimate of drug-likeness (QED) is 0.684. The molecule has 3 rings (SSSR count). The van der Waals surface area contributed by atoms with E-state index in [1.807, 2.05) is 6.07 Å². The number of benzene rings is 1. The zero-order chi connectivity index (χ0) is 18.6. The average Bonchev–Trinajstić information content (AvgIpc) is 3.09. The summed E-state index contributed by atoms with van der Waals surface area (Å²) in [5, 5.41) is 7.02. The van der Waals surface area contributed by atoms with Gasteiger partial charge in [-0.15, -0.1) is 0 Å². The molecule has 1 aromatic carbocycles. The number of thiocarbonyl (C=S) groups is 1. The zero-order valence-corrected chi connectivity index (χ0v) is 16.6. The van der Waals surface area contributed by atoms with Crippen molar-refractivity contribution in [3.05, 3.63) is 24.3 Å². The second-order valence-electron chi connectivity index (χ2n) is 7.03. The third-order valence-corrected chi connectivity index (χ3v) is 6.56. The molecule has 0 spiro atoms. The molecule has 0 aromatic heterocycles. The molecule has 1 aliphatic heterocycles. The van der Waals surface area contributed by atoms with Crippen molar-refractivity contribution in [2.75, 3.05) is 11.9 Å². The van der Waals surface area contributed by atoms with E-state index in [1.54, 1.807) is 18.2 Å². The molecule has 2 aliphatic rings. The van der Waals surface area contributed by atoms with Gasteiger partial charge >= 0.3 is 0 Å². The van der Waals surface area contributed by atoms with Gasteiger partial charge < -0.3 is 10.6 Å². The molecular weight excluding hydrogens is 368 g/mol. The van der Waals surface area contributed by atoms with E-state index in [0.717, 1.165) is 12.8 Å². The number of nitrogens with zero attached hydrogens (tertiary/aromatic N) is 1. The average molecular weight is 395 g/mol. The van der Waals surface area contributed by atoms with Crippen LogP contribution in [0.5, 0.6) is 0 Å². The van der Waals surface area contributed by atoms with Crippen molar-refractivity contribution in [1.29, 1.82) is 0 Å². The van der Waals surface area contributed by atoms with Crippen LogP contribution >= 0.6 is 12.2 Å². The lowest BCUT2D eigenvalue weighted by Crippen LogP contribution is -2.43. The SMILES string of the molecule is C[C@@H]1CCCC[C@H]1NC(=S)Nc1cccc(S(=O)(=O)NC2=NCCC2)c1. The molecule has 1 fully saturated rings. The van der Waals surface area contributed by atoms with Crippen molar-refractivity contribution in [3.63, 3.8) is 0 Å². The molecule has 3 N–H and O–H groups in total. The van der Waals surface area contributed by atoms with Crippen LogP contribution in [-0.2, 0) is 10.0 Å². The van der Waals surface area contributed by atoms with E-state index < -0.39 is 10.0 Å². The molecule has 0 saturated heterocycles. The van der Waals surface area contributed by atoms with Crippen LogP contribution in [0.15, 0.2) is 34.2 Å². The van der Waals surface area contributed by atoms with Crippen molar-refractivity contribution in [3.8, 4) is 0 Å². The summed E-state index contributed by atoms with van der Waals surface area (Å²) in [6, 6.07) is 7.06. The maximum Gasteiger partial charge on any atom is 0.262 e. The lowest BCUT2D eigenvalue weighted by molar-refractivity contribution is 0.309. The Hall–Kier alpha value is -1.67. The Bertz CT molecular complexity index is 792. The molecule has 2 atom stereocenters. The number of hydrogen-bond acceptors (Lipinski definition) is 4. The Kier molecular flexibility index (Phi) is 6.13. The molecule has 1 aromatic rings. The van der Waals surface area contributed by atoms with E-state index >= 15 is 0 Å². The third kappa shape index (κ3) is 4.94. The standard InChI is InChI=1S/C18H26N4O2S2/c1-13-6-2-3-9-16(13)21-18(25)20-14-7-4-8-15(12-14)26(23,24)22-17-10-5-11-19-17/h4,7-8,12-13,16H,2-3,5-6,9-11H2,1H3,(H,19,22)(H2,20,21,25)/t13-,16-/m1/s1. The summed E-state index contributed by atoms with van der Waals surface area (Å²) in [5.41, 5.74) is 0.655. The molecule has 1 heterocycles. The topological polar surface area (TPSA) is 82.6 Å². The summed E-state index contributed by atoms with van der Waals surface area (Å²) < 4.78 is 27.6. The first-order chi connectivity index (χ1) is 12.4. The molecule has 8 heteroatoms. The molecule has 0 amide bonds. The predicted molar refractivity (Wildman–Crippen MR) is 109 cm³/mol. The highest BCUT2D eigenvalue weighted by Gasteiger charge is 2.22. The molecule has 1 saturated carbocycles. The van der Waals surface area contributed by atoms with Crippen molar-refractivity contribution in [2.24, 2.45) is 10.9 Å². The van der Waals surface area contributed by atoms with Crippen LogP contribution in [-0.4, -0.2) is 32.0 Å². The van der Waals surface area contributed by atoms with Gasteiger partial charge in [0.1, 0.15) is 5.84 Å². The van der Waals surface area contributed by atoms with E-state index in [9.17, 15) is 8.42 Å². The van der Waals surface area contributed by atoms with Gasteiger partial charge in [-0.25, -0.2) is 8.42 Å². The van der Waals surface area contributed by atoms with Gasteiger partial charge in [0.05, 0.1) is 4.90 Å². The number of amidine groups is 1. The summed E-state index contributed by atoms with van der Waals surface area (Å²) in [6.07, 6.45) is 6.38. The first-order valence-corrected chi connectivity index (χ1v) is 11.1. The minimum Gasteiger partial charge on any atom is -0.359 e. The number of anilines is 1. The van der Waals surface area contributed by atoms with E-state index in [2.05, 4.69) is 27.3 Å². The smallest absolute Gasteiger partial charge is 0.262 e. The van der Waals surface area contributed by atoms with Crippen molar-refractivity contribution in [2.45, 2.75) is 56.4 Å². The molecule has 0 bridgehead atoms. The summed E-state index contributed by atoms with van der Waals surface area (Å²) >= 11 is 5.42. The van der Waals surface area contributed by atoms with Crippen LogP contribution in [0.3, 0.4) is 0 Å². The van der Waals surface area contributed by atoms with Gasteiger partial charge in [0.2, 0.25) is 0 Å². The zero-order valence-electron chi connectivity index (χ0n) is 15.0. The minimum absolute atomic E-state index is 0.200. The molecule has 0 radical (unpaired) electrons. The maximum atomic E-state index is 12.5. The molecule has 142 valence electrons. The first-order valence-electron chi connectivity index (χ1n) is 9.18. The number of hydrogen-bond donors (Lipinski definition) is 3. The van der Waals surface area contributed by atoms with E-state index in [4.69, 9.17) is 12.2 Å². The first kappa shape index (κ1) is 19.1. The third-order valence-electron chi connectivity index (χ3n) is 4.96. The number of rotatable bonds is 4. The molecule has 1 aliphatic carbocycles. The summed E-state index contributed by atoms with van der Waals surface area (Å²) in [5.74, 6) is 1.12. The lowest BCUT2D eigenvalue weighted by atomic mass is 9.86. The van der Waals surface area contributed by atoms with Gasteiger partial charge in [0, 0.05) is 24.7 Å². The Morgan fingerprint density at radius 1 is 1.23 bits per heavy atom. The summed E-state index contributed by atoms with van der Waals surface area (Å²) in [6.45, 7) is 2.92. The van der Waals surface area contributed by atoms with E-state index in [1.165, 1.54) is 19.3 Å².